The first-order valence-corrected chi connectivity index (χ1v) is 6.87. The molecule has 22 heavy (non-hydrogen) atoms. The standard InChI is InChI=1S/C17H11ClFNO2/c18-10-5-3-4-9(8-10)13-15(19)12-7-2-1-6-11(12)14(16(13)20)17(21)22/h1-8H,20H2,(H,21,22). The van der Waals surface area contributed by atoms with Crippen LogP contribution in [0.25, 0.3) is 21.9 Å². The molecule has 0 atom stereocenters. The van der Waals surface area contributed by atoms with E-state index in [1.54, 1.807) is 42.5 Å². The maximum Gasteiger partial charge on any atom is 0.338 e. The average molecular weight is 316 g/mol. The smallest absolute Gasteiger partial charge is 0.338 e. The summed E-state index contributed by atoms with van der Waals surface area (Å²) in [6, 6.07) is 12.9. The molecular weight excluding hydrogens is 305 g/mol. The number of carboxylic acids is 1. The number of aromatic carboxylic acids is 1. The van der Waals surface area contributed by atoms with Crippen LogP contribution in [-0.2, 0) is 0 Å². The summed E-state index contributed by atoms with van der Waals surface area (Å²) in [6.07, 6.45) is 0. The van der Waals surface area contributed by atoms with Gasteiger partial charge in [0, 0.05) is 21.4 Å². The molecule has 0 heterocycles. The number of nitrogen functional groups attached to an aromatic ring is 1. The fourth-order valence-corrected chi connectivity index (χ4v) is 2.76. The second-order valence-electron chi connectivity index (χ2n) is 4.84. The number of carboxylic acid groups (broad SMARTS) is 1. The number of rotatable bonds is 2. The van der Waals surface area contributed by atoms with Gasteiger partial charge >= 0.3 is 5.97 Å². The predicted molar refractivity (Wildman–Crippen MR) is 85.7 cm³/mol. The van der Waals surface area contributed by atoms with Crippen molar-refractivity contribution in [2.24, 2.45) is 0 Å². The summed E-state index contributed by atoms with van der Waals surface area (Å²) in [6.45, 7) is 0. The molecular formula is C17H11ClFNO2. The van der Waals surface area contributed by atoms with E-state index in [0.717, 1.165) is 0 Å². The third kappa shape index (κ3) is 2.18. The zero-order chi connectivity index (χ0) is 15.9. The molecule has 3 rings (SSSR count). The fourth-order valence-electron chi connectivity index (χ4n) is 2.57. The molecule has 3 aromatic carbocycles. The molecule has 0 amide bonds. The Kier molecular flexibility index (Phi) is 3.47. The van der Waals surface area contributed by atoms with Crippen molar-refractivity contribution in [3.05, 3.63) is 64.9 Å². The van der Waals surface area contributed by atoms with Crippen LogP contribution in [0.4, 0.5) is 10.1 Å². The van der Waals surface area contributed by atoms with E-state index in [-0.39, 0.29) is 27.6 Å². The van der Waals surface area contributed by atoms with Gasteiger partial charge in [-0.1, -0.05) is 48.0 Å². The predicted octanol–water partition coefficient (Wildman–Crippen LogP) is 4.58. The van der Waals surface area contributed by atoms with Gasteiger partial charge in [0.25, 0.3) is 0 Å². The van der Waals surface area contributed by atoms with Gasteiger partial charge in [0.1, 0.15) is 5.82 Å². The molecule has 0 radical (unpaired) electrons. The molecule has 3 aromatic rings. The molecule has 5 heteroatoms. The van der Waals surface area contributed by atoms with Gasteiger partial charge in [-0.15, -0.1) is 0 Å². The summed E-state index contributed by atoms with van der Waals surface area (Å²) in [5.74, 6) is -1.75. The van der Waals surface area contributed by atoms with E-state index < -0.39 is 11.8 Å². The van der Waals surface area contributed by atoms with Crippen LogP contribution in [0.3, 0.4) is 0 Å². The van der Waals surface area contributed by atoms with E-state index >= 15 is 0 Å². The molecule has 0 spiro atoms. The monoisotopic (exact) mass is 315 g/mol. The van der Waals surface area contributed by atoms with Crippen molar-refractivity contribution in [3.8, 4) is 11.1 Å². The van der Waals surface area contributed by atoms with Crippen LogP contribution in [0, 0.1) is 5.82 Å². The van der Waals surface area contributed by atoms with Gasteiger partial charge in [0.15, 0.2) is 0 Å². The first kappa shape index (κ1) is 14.4. The SMILES string of the molecule is Nc1c(-c2cccc(Cl)c2)c(F)c2ccccc2c1C(=O)O. The minimum absolute atomic E-state index is 0.0543. The Balaban J connectivity index is 2.48. The highest BCUT2D eigenvalue weighted by molar-refractivity contribution is 6.31. The minimum Gasteiger partial charge on any atom is -0.478 e. The number of nitrogens with two attached hydrogens (primary N) is 1. The van der Waals surface area contributed by atoms with Crippen molar-refractivity contribution >= 4 is 34.0 Å². The van der Waals surface area contributed by atoms with Crippen LogP contribution in [0.15, 0.2) is 48.5 Å². The highest BCUT2D eigenvalue weighted by atomic mass is 35.5. The average Bonchev–Trinajstić information content (AvgIpc) is 2.47. The fraction of sp³-hybridized carbons (Fsp3) is 0. The Labute approximate surface area is 130 Å². The van der Waals surface area contributed by atoms with Gasteiger partial charge in [-0.25, -0.2) is 9.18 Å². The van der Waals surface area contributed by atoms with Crippen molar-refractivity contribution < 1.29 is 14.3 Å². The number of hydrogen-bond acceptors (Lipinski definition) is 2. The largest absolute Gasteiger partial charge is 0.478 e. The Hall–Kier alpha value is -2.59. The number of fused-ring (bicyclic) bond motifs is 1. The molecule has 0 bridgehead atoms. The van der Waals surface area contributed by atoms with Gasteiger partial charge in [-0.05, 0) is 17.7 Å². The van der Waals surface area contributed by atoms with Crippen LogP contribution in [0.5, 0.6) is 0 Å². The summed E-state index contributed by atoms with van der Waals surface area (Å²) in [7, 11) is 0. The molecule has 0 saturated heterocycles. The molecule has 110 valence electrons. The molecule has 0 unspecified atom stereocenters. The first-order valence-electron chi connectivity index (χ1n) is 6.49. The lowest BCUT2D eigenvalue weighted by Gasteiger charge is -2.14. The van der Waals surface area contributed by atoms with Crippen LogP contribution in [-0.4, -0.2) is 11.1 Å². The lowest BCUT2D eigenvalue weighted by Crippen LogP contribution is -2.07. The Morgan fingerprint density at radius 2 is 1.77 bits per heavy atom. The van der Waals surface area contributed by atoms with Crippen molar-refractivity contribution in [2.45, 2.75) is 0 Å². The number of carbonyl (C=O) groups is 1. The van der Waals surface area contributed by atoms with Gasteiger partial charge < -0.3 is 10.8 Å². The summed E-state index contributed by atoms with van der Waals surface area (Å²) < 4.78 is 14.9. The van der Waals surface area contributed by atoms with Gasteiger partial charge in [-0.3, -0.25) is 0 Å². The molecule has 0 aromatic heterocycles. The highest BCUT2D eigenvalue weighted by Crippen LogP contribution is 2.38. The zero-order valence-corrected chi connectivity index (χ0v) is 12.1. The number of hydrogen-bond donors (Lipinski definition) is 2. The molecule has 0 aliphatic carbocycles. The first-order chi connectivity index (χ1) is 10.5. The van der Waals surface area contributed by atoms with Crippen LogP contribution in [0.1, 0.15) is 10.4 Å². The third-order valence-corrected chi connectivity index (χ3v) is 3.75. The third-order valence-electron chi connectivity index (χ3n) is 3.52. The second kappa shape index (κ2) is 5.31. The summed E-state index contributed by atoms with van der Waals surface area (Å²) in [5.41, 5.74) is 6.25. The van der Waals surface area contributed by atoms with Gasteiger partial charge in [0.2, 0.25) is 0 Å². The highest BCUT2D eigenvalue weighted by Gasteiger charge is 2.22. The lowest BCUT2D eigenvalue weighted by molar-refractivity contribution is 0.0700. The van der Waals surface area contributed by atoms with Gasteiger partial charge in [-0.2, -0.15) is 0 Å². The number of benzene rings is 3. The minimum atomic E-state index is -1.20. The summed E-state index contributed by atoms with van der Waals surface area (Å²) >= 11 is 5.94. The zero-order valence-electron chi connectivity index (χ0n) is 11.3. The van der Waals surface area contributed by atoms with E-state index in [9.17, 15) is 14.3 Å². The molecule has 0 saturated carbocycles. The second-order valence-corrected chi connectivity index (χ2v) is 5.28. The van der Waals surface area contributed by atoms with E-state index in [2.05, 4.69) is 0 Å². The summed E-state index contributed by atoms with van der Waals surface area (Å²) in [5, 5.41) is 10.4. The van der Waals surface area contributed by atoms with Crippen molar-refractivity contribution in [3.63, 3.8) is 0 Å². The van der Waals surface area contributed by atoms with Gasteiger partial charge in [0.05, 0.1) is 11.3 Å². The molecule has 0 aliphatic rings. The van der Waals surface area contributed by atoms with Crippen molar-refractivity contribution in [2.75, 3.05) is 5.73 Å². The molecule has 0 aliphatic heterocycles. The maximum atomic E-state index is 14.9. The van der Waals surface area contributed by atoms with Crippen molar-refractivity contribution in [1.82, 2.24) is 0 Å². The van der Waals surface area contributed by atoms with Crippen LogP contribution >= 0.6 is 11.6 Å². The van der Waals surface area contributed by atoms with E-state index in [1.165, 1.54) is 6.07 Å². The number of halogens is 2. The Morgan fingerprint density at radius 1 is 1.09 bits per heavy atom. The van der Waals surface area contributed by atoms with E-state index in [1.807, 2.05) is 0 Å². The normalized spacial score (nSPS) is 10.8. The Bertz CT molecular complexity index is 909. The van der Waals surface area contributed by atoms with Crippen LogP contribution < -0.4 is 5.73 Å². The molecule has 0 fully saturated rings. The maximum absolute atomic E-state index is 14.9. The van der Waals surface area contributed by atoms with Crippen LogP contribution in [0.2, 0.25) is 5.02 Å². The lowest BCUT2D eigenvalue weighted by atomic mass is 9.93. The summed E-state index contributed by atoms with van der Waals surface area (Å²) in [4.78, 5) is 11.6. The quantitative estimate of drug-likeness (QED) is 0.680. The van der Waals surface area contributed by atoms with Crippen molar-refractivity contribution in [1.29, 1.82) is 0 Å². The topological polar surface area (TPSA) is 63.3 Å². The number of anilines is 1. The Morgan fingerprint density at radius 3 is 2.41 bits per heavy atom. The molecule has 3 nitrogen and oxygen atoms in total. The van der Waals surface area contributed by atoms with E-state index in [0.29, 0.717) is 10.6 Å². The molecule has 3 N–H and O–H groups in total. The van der Waals surface area contributed by atoms with E-state index in [4.69, 9.17) is 17.3 Å².